The number of nitrogens with zero attached hydrogens (tertiary/aromatic N) is 1. The second kappa shape index (κ2) is 3.38. The number of nitrogens with one attached hydrogen (secondary N) is 1. The minimum atomic E-state index is -0.401. The topological polar surface area (TPSA) is 70.2 Å². The predicted octanol–water partition coefficient (Wildman–Crippen LogP) is 0.678. The van der Waals surface area contributed by atoms with E-state index in [1.165, 1.54) is 4.90 Å². The largest absolute Gasteiger partial charge is 0.386 e. The van der Waals surface area contributed by atoms with Gasteiger partial charge in [0.25, 0.3) is 0 Å². The van der Waals surface area contributed by atoms with Gasteiger partial charge in [-0.3, -0.25) is 10.2 Å². The molecule has 1 aromatic rings. The lowest BCUT2D eigenvalue weighted by molar-refractivity contribution is -0.131. The van der Waals surface area contributed by atoms with Gasteiger partial charge in [-0.1, -0.05) is 24.3 Å². The maximum Gasteiger partial charge on any atom is 0.227 e. The van der Waals surface area contributed by atoms with E-state index in [0.29, 0.717) is 6.42 Å². The standard InChI is InChI=1S/C11H13N3O/c1-14-9(15)6-7-4-2-3-5-8(7)10(14)11(12)13/h2-5,10H,6H2,1H3,(H3,12,13). The molecule has 1 aliphatic rings. The van der Waals surface area contributed by atoms with Crippen LogP contribution in [-0.2, 0) is 11.2 Å². The Kier molecular flexibility index (Phi) is 2.19. The molecule has 0 aliphatic carbocycles. The quantitative estimate of drug-likeness (QED) is 0.520. The number of amides is 1. The lowest BCUT2D eigenvalue weighted by Crippen LogP contribution is -2.43. The molecule has 1 heterocycles. The highest BCUT2D eigenvalue weighted by Crippen LogP contribution is 2.28. The van der Waals surface area contributed by atoms with Crippen LogP contribution in [0.2, 0.25) is 0 Å². The fourth-order valence-electron chi connectivity index (χ4n) is 1.98. The van der Waals surface area contributed by atoms with Crippen molar-refractivity contribution in [2.45, 2.75) is 12.5 Å². The van der Waals surface area contributed by atoms with Gasteiger partial charge in [0.1, 0.15) is 11.9 Å². The number of carbonyl (C=O) groups excluding carboxylic acids is 1. The first-order valence-corrected chi connectivity index (χ1v) is 4.78. The Morgan fingerprint density at radius 3 is 2.87 bits per heavy atom. The first-order valence-electron chi connectivity index (χ1n) is 4.78. The van der Waals surface area contributed by atoms with Gasteiger partial charge in [0.15, 0.2) is 0 Å². The minimum absolute atomic E-state index is 0.00824. The number of amidine groups is 1. The summed E-state index contributed by atoms with van der Waals surface area (Å²) in [7, 11) is 1.68. The molecule has 0 bridgehead atoms. The number of hydrogen-bond donors (Lipinski definition) is 2. The molecule has 78 valence electrons. The van der Waals surface area contributed by atoms with Crippen LogP contribution in [0, 0.1) is 5.41 Å². The van der Waals surface area contributed by atoms with E-state index in [1.807, 2.05) is 24.3 Å². The summed E-state index contributed by atoms with van der Waals surface area (Å²) in [6.07, 6.45) is 0.399. The number of carbonyl (C=O) groups is 1. The van der Waals surface area contributed by atoms with Gasteiger partial charge in [-0.15, -0.1) is 0 Å². The van der Waals surface area contributed by atoms with E-state index in [-0.39, 0.29) is 11.7 Å². The third-order valence-electron chi connectivity index (χ3n) is 2.77. The average molecular weight is 203 g/mol. The molecule has 0 aromatic heterocycles. The molecular formula is C11H13N3O. The van der Waals surface area contributed by atoms with Crippen LogP contribution in [-0.4, -0.2) is 23.7 Å². The molecule has 0 radical (unpaired) electrons. The maximum atomic E-state index is 11.6. The van der Waals surface area contributed by atoms with Crippen molar-refractivity contribution < 1.29 is 4.79 Å². The van der Waals surface area contributed by atoms with Crippen LogP contribution in [0.1, 0.15) is 17.2 Å². The number of benzene rings is 1. The fraction of sp³-hybridized carbons (Fsp3) is 0.273. The van der Waals surface area contributed by atoms with E-state index in [1.54, 1.807) is 7.05 Å². The van der Waals surface area contributed by atoms with Crippen molar-refractivity contribution >= 4 is 11.7 Å². The summed E-state index contributed by atoms with van der Waals surface area (Å²) in [5.41, 5.74) is 7.46. The minimum Gasteiger partial charge on any atom is -0.386 e. The molecule has 1 unspecified atom stereocenters. The normalized spacial score (nSPS) is 19.9. The zero-order valence-electron chi connectivity index (χ0n) is 8.53. The number of hydrogen-bond acceptors (Lipinski definition) is 2. The van der Waals surface area contributed by atoms with Gasteiger partial charge in [-0.25, -0.2) is 0 Å². The summed E-state index contributed by atoms with van der Waals surface area (Å²) in [6.45, 7) is 0. The summed E-state index contributed by atoms with van der Waals surface area (Å²) in [5.74, 6) is 0.0203. The van der Waals surface area contributed by atoms with Crippen molar-refractivity contribution in [3.63, 3.8) is 0 Å². The molecule has 1 aliphatic heterocycles. The predicted molar refractivity (Wildman–Crippen MR) is 57.6 cm³/mol. The highest BCUT2D eigenvalue weighted by Gasteiger charge is 2.31. The van der Waals surface area contributed by atoms with Gasteiger partial charge in [0.2, 0.25) is 5.91 Å². The summed E-state index contributed by atoms with van der Waals surface area (Å²) in [4.78, 5) is 13.2. The first kappa shape index (κ1) is 9.71. The SMILES string of the molecule is CN1C(=O)Cc2ccccc2C1C(=N)N. The van der Waals surface area contributed by atoms with Crippen LogP contribution >= 0.6 is 0 Å². The second-order valence-corrected chi connectivity index (χ2v) is 3.74. The Bertz CT molecular complexity index is 428. The zero-order valence-corrected chi connectivity index (χ0v) is 8.53. The summed E-state index contributed by atoms with van der Waals surface area (Å²) in [6, 6.07) is 7.23. The van der Waals surface area contributed by atoms with E-state index in [2.05, 4.69) is 0 Å². The van der Waals surface area contributed by atoms with Gasteiger partial charge >= 0.3 is 0 Å². The van der Waals surface area contributed by atoms with E-state index in [9.17, 15) is 4.79 Å². The molecule has 0 spiro atoms. The van der Waals surface area contributed by atoms with Gasteiger partial charge in [0.05, 0.1) is 6.42 Å². The summed E-state index contributed by atoms with van der Waals surface area (Å²) < 4.78 is 0. The van der Waals surface area contributed by atoms with Crippen molar-refractivity contribution in [3.05, 3.63) is 35.4 Å². The first-order chi connectivity index (χ1) is 7.11. The molecule has 4 nitrogen and oxygen atoms in total. The number of rotatable bonds is 1. The van der Waals surface area contributed by atoms with Crippen LogP contribution < -0.4 is 5.73 Å². The van der Waals surface area contributed by atoms with Crippen molar-refractivity contribution in [2.24, 2.45) is 5.73 Å². The molecule has 2 rings (SSSR count). The molecule has 1 atom stereocenters. The maximum absolute atomic E-state index is 11.6. The smallest absolute Gasteiger partial charge is 0.227 e. The molecule has 1 amide bonds. The van der Waals surface area contributed by atoms with Gasteiger partial charge < -0.3 is 10.6 Å². The lowest BCUT2D eigenvalue weighted by Gasteiger charge is -2.33. The molecule has 1 aromatic carbocycles. The Hall–Kier alpha value is -1.84. The number of likely N-dealkylation sites (N-methyl/N-ethyl adjacent to an activating group) is 1. The van der Waals surface area contributed by atoms with Crippen LogP contribution in [0.5, 0.6) is 0 Å². The highest BCUT2D eigenvalue weighted by molar-refractivity contribution is 5.92. The second-order valence-electron chi connectivity index (χ2n) is 3.74. The van der Waals surface area contributed by atoms with Gasteiger partial charge in [-0.2, -0.15) is 0 Å². The molecule has 0 saturated carbocycles. The Labute approximate surface area is 88.2 Å². The van der Waals surface area contributed by atoms with E-state index in [0.717, 1.165) is 11.1 Å². The monoisotopic (exact) mass is 203 g/mol. The Morgan fingerprint density at radius 2 is 2.20 bits per heavy atom. The zero-order chi connectivity index (χ0) is 11.0. The third-order valence-corrected chi connectivity index (χ3v) is 2.77. The van der Waals surface area contributed by atoms with Crippen LogP contribution in [0.15, 0.2) is 24.3 Å². The van der Waals surface area contributed by atoms with Crippen molar-refractivity contribution in [3.8, 4) is 0 Å². The fourth-order valence-corrected chi connectivity index (χ4v) is 1.98. The number of fused-ring (bicyclic) bond motifs is 1. The van der Waals surface area contributed by atoms with Gasteiger partial charge in [0, 0.05) is 7.05 Å². The van der Waals surface area contributed by atoms with E-state index < -0.39 is 6.04 Å². The van der Waals surface area contributed by atoms with Crippen molar-refractivity contribution in [1.29, 1.82) is 5.41 Å². The third kappa shape index (κ3) is 1.48. The lowest BCUT2D eigenvalue weighted by atomic mass is 9.92. The summed E-state index contributed by atoms with van der Waals surface area (Å²) in [5, 5.41) is 7.52. The van der Waals surface area contributed by atoms with Gasteiger partial charge in [-0.05, 0) is 11.1 Å². The molecule has 0 fully saturated rings. The molecule has 0 saturated heterocycles. The molecule has 3 N–H and O–H groups in total. The average Bonchev–Trinajstić information content (AvgIpc) is 2.19. The highest BCUT2D eigenvalue weighted by atomic mass is 16.2. The molecule has 15 heavy (non-hydrogen) atoms. The van der Waals surface area contributed by atoms with Crippen molar-refractivity contribution in [1.82, 2.24) is 4.90 Å². The van der Waals surface area contributed by atoms with E-state index >= 15 is 0 Å². The Morgan fingerprint density at radius 1 is 1.53 bits per heavy atom. The van der Waals surface area contributed by atoms with Crippen LogP contribution in [0.25, 0.3) is 0 Å². The molecule has 4 heteroatoms. The van der Waals surface area contributed by atoms with E-state index in [4.69, 9.17) is 11.1 Å². The molecular weight excluding hydrogens is 190 g/mol. The van der Waals surface area contributed by atoms with Crippen LogP contribution in [0.3, 0.4) is 0 Å². The van der Waals surface area contributed by atoms with Crippen LogP contribution in [0.4, 0.5) is 0 Å². The summed E-state index contributed by atoms with van der Waals surface area (Å²) >= 11 is 0. The van der Waals surface area contributed by atoms with Crippen molar-refractivity contribution in [2.75, 3.05) is 7.05 Å². The Balaban J connectivity index is 2.54. The number of nitrogens with two attached hydrogens (primary N) is 1.